The number of hydrogen-bond acceptors (Lipinski definition) is 7. The molecule has 0 fully saturated rings. The van der Waals surface area contributed by atoms with Crippen molar-refractivity contribution in [1.29, 1.82) is 0 Å². The molecule has 0 spiro atoms. The Morgan fingerprint density at radius 3 is 2.86 bits per heavy atom. The number of benzene rings is 1. The monoisotopic (exact) mass is 429 g/mol. The highest BCUT2D eigenvalue weighted by molar-refractivity contribution is 8.00. The van der Waals surface area contributed by atoms with Gasteiger partial charge in [0.15, 0.2) is 11.5 Å². The summed E-state index contributed by atoms with van der Waals surface area (Å²) in [5.74, 6) is 2.02. The smallest absolute Gasteiger partial charge is 0.230 e. The molecule has 0 bridgehead atoms. The number of aromatic nitrogens is 2. The van der Waals surface area contributed by atoms with Crippen molar-refractivity contribution in [2.75, 3.05) is 19.0 Å². The van der Waals surface area contributed by atoms with Crippen LogP contribution < -0.4 is 14.8 Å². The molecule has 29 heavy (non-hydrogen) atoms. The molecule has 1 atom stereocenters. The van der Waals surface area contributed by atoms with Crippen LogP contribution in [-0.2, 0) is 4.79 Å². The minimum absolute atomic E-state index is 0.0240. The molecule has 1 N–H and O–H groups in total. The molecule has 0 unspecified atom stereocenters. The lowest BCUT2D eigenvalue weighted by atomic mass is 9.95. The molecule has 6 nitrogen and oxygen atoms in total. The van der Waals surface area contributed by atoms with Crippen molar-refractivity contribution in [2.45, 2.75) is 31.3 Å². The third-order valence-corrected chi connectivity index (χ3v) is 6.69. The van der Waals surface area contributed by atoms with Crippen molar-refractivity contribution >= 4 is 39.2 Å². The van der Waals surface area contributed by atoms with E-state index in [0.717, 1.165) is 38.7 Å². The number of nitrogens with one attached hydrogen (secondary N) is 1. The third-order valence-electron chi connectivity index (χ3n) is 4.66. The summed E-state index contributed by atoms with van der Waals surface area (Å²) in [6.07, 6.45) is 2.41. The Labute approximate surface area is 178 Å². The molecule has 1 aliphatic heterocycles. The topological polar surface area (TPSA) is 73.3 Å². The van der Waals surface area contributed by atoms with Crippen molar-refractivity contribution in [3.8, 4) is 11.5 Å². The first-order chi connectivity index (χ1) is 14.1. The van der Waals surface area contributed by atoms with E-state index in [0.29, 0.717) is 19.0 Å². The second kappa shape index (κ2) is 9.00. The molecule has 0 saturated carbocycles. The molecule has 1 amide bonds. The molecular weight excluding hydrogens is 406 g/mol. The number of fused-ring (bicyclic) bond motifs is 2. The number of amides is 1. The Balaban J connectivity index is 1.45. The van der Waals surface area contributed by atoms with E-state index in [-0.39, 0.29) is 17.9 Å². The summed E-state index contributed by atoms with van der Waals surface area (Å²) in [7, 11) is 0. The minimum Gasteiger partial charge on any atom is -0.490 e. The summed E-state index contributed by atoms with van der Waals surface area (Å²) in [6, 6.07) is 7.78. The van der Waals surface area contributed by atoms with E-state index in [1.54, 1.807) is 17.7 Å². The summed E-state index contributed by atoms with van der Waals surface area (Å²) < 4.78 is 12.5. The van der Waals surface area contributed by atoms with Gasteiger partial charge in [-0.3, -0.25) is 4.79 Å². The zero-order valence-corrected chi connectivity index (χ0v) is 18.0. The maximum absolute atomic E-state index is 12.7. The van der Waals surface area contributed by atoms with Crippen LogP contribution in [0, 0.1) is 5.92 Å². The second-order valence-electron chi connectivity index (χ2n) is 7.15. The molecule has 2 aromatic heterocycles. The van der Waals surface area contributed by atoms with E-state index in [9.17, 15) is 4.79 Å². The molecule has 0 aliphatic carbocycles. The van der Waals surface area contributed by atoms with Gasteiger partial charge in [-0.05, 0) is 35.1 Å². The van der Waals surface area contributed by atoms with Crippen LogP contribution >= 0.6 is 23.1 Å². The molecule has 0 saturated heterocycles. The van der Waals surface area contributed by atoms with Gasteiger partial charge >= 0.3 is 0 Å². The van der Waals surface area contributed by atoms with Crippen LogP contribution in [0.5, 0.6) is 11.5 Å². The normalized spacial score (nSPS) is 14.6. The SMILES string of the molecule is CC(C)[C@H](NC(=O)CSc1ncnc2ccsc12)c1ccc2c(c1)OCCCO2. The van der Waals surface area contributed by atoms with Gasteiger partial charge in [0, 0.05) is 6.42 Å². The van der Waals surface area contributed by atoms with Gasteiger partial charge in [-0.2, -0.15) is 0 Å². The predicted octanol–water partition coefficient (Wildman–Crippen LogP) is 4.46. The van der Waals surface area contributed by atoms with Crippen molar-refractivity contribution in [3.05, 3.63) is 41.5 Å². The largest absolute Gasteiger partial charge is 0.490 e. The molecule has 4 rings (SSSR count). The van der Waals surface area contributed by atoms with E-state index < -0.39 is 0 Å². The lowest BCUT2D eigenvalue weighted by molar-refractivity contribution is -0.119. The van der Waals surface area contributed by atoms with Gasteiger partial charge in [0.05, 0.1) is 35.2 Å². The highest BCUT2D eigenvalue weighted by atomic mass is 32.2. The molecule has 1 aromatic carbocycles. The average Bonchev–Trinajstić information content (AvgIpc) is 3.08. The van der Waals surface area contributed by atoms with Crippen LogP contribution in [0.2, 0.25) is 0 Å². The van der Waals surface area contributed by atoms with Gasteiger partial charge in [0.2, 0.25) is 5.91 Å². The summed E-state index contributed by atoms with van der Waals surface area (Å²) in [5, 5.41) is 6.00. The Bertz CT molecular complexity index is 1010. The lowest BCUT2D eigenvalue weighted by Gasteiger charge is -2.24. The highest BCUT2D eigenvalue weighted by Gasteiger charge is 2.21. The maximum atomic E-state index is 12.7. The predicted molar refractivity (Wildman–Crippen MR) is 116 cm³/mol. The molecule has 8 heteroatoms. The van der Waals surface area contributed by atoms with E-state index >= 15 is 0 Å². The summed E-state index contributed by atoms with van der Waals surface area (Å²) in [4.78, 5) is 21.3. The zero-order chi connectivity index (χ0) is 20.2. The maximum Gasteiger partial charge on any atom is 0.230 e. The second-order valence-corrected chi connectivity index (χ2v) is 9.03. The average molecular weight is 430 g/mol. The number of carbonyl (C=O) groups excluding carboxylic acids is 1. The number of thioether (sulfide) groups is 1. The van der Waals surface area contributed by atoms with Gasteiger partial charge in [-0.1, -0.05) is 31.7 Å². The molecule has 3 heterocycles. The van der Waals surface area contributed by atoms with Crippen molar-refractivity contribution in [1.82, 2.24) is 15.3 Å². The van der Waals surface area contributed by atoms with Gasteiger partial charge in [-0.25, -0.2) is 9.97 Å². The molecular formula is C21H23N3O3S2. The molecule has 152 valence electrons. The van der Waals surface area contributed by atoms with Gasteiger partial charge in [0.1, 0.15) is 11.4 Å². The van der Waals surface area contributed by atoms with Crippen LogP contribution in [0.1, 0.15) is 31.9 Å². The van der Waals surface area contributed by atoms with Crippen molar-refractivity contribution < 1.29 is 14.3 Å². The van der Waals surface area contributed by atoms with Crippen molar-refractivity contribution in [2.24, 2.45) is 5.92 Å². The zero-order valence-electron chi connectivity index (χ0n) is 16.4. The number of rotatable bonds is 6. The molecule has 0 radical (unpaired) electrons. The van der Waals surface area contributed by atoms with E-state index in [1.165, 1.54) is 11.8 Å². The van der Waals surface area contributed by atoms with Crippen LogP contribution in [-0.4, -0.2) is 34.8 Å². The fraction of sp³-hybridized carbons (Fsp3) is 0.381. The minimum atomic E-state index is -0.104. The Hall–Kier alpha value is -2.32. The summed E-state index contributed by atoms with van der Waals surface area (Å²) in [5.41, 5.74) is 1.94. The van der Waals surface area contributed by atoms with Crippen molar-refractivity contribution in [3.63, 3.8) is 0 Å². The van der Waals surface area contributed by atoms with E-state index in [1.807, 2.05) is 29.6 Å². The van der Waals surface area contributed by atoms with Gasteiger partial charge in [-0.15, -0.1) is 11.3 Å². The van der Waals surface area contributed by atoms with Crippen LogP contribution in [0.4, 0.5) is 0 Å². The summed E-state index contributed by atoms with van der Waals surface area (Å²) >= 11 is 3.03. The Kier molecular flexibility index (Phi) is 6.20. The first kappa shape index (κ1) is 20.0. The van der Waals surface area contributed by atoms with Gasteiger partial charge < -0.3 is 14.8 Å². The number of hydrogen-bond donors (Lipinski definition) is 1. The summed E-state index contributed by atoms with van der Waals surface area (Å²) in [6.45, 7) is 5.50. The van der Waals surface area contributed by atoms with Crippen LogP contribution in [0.15, 0.2) is 41.0 Å². The first-order valence-corrected chi connectivity index (χ1v) is 11.5. The van der Waals surface area contributed by atoms with E-state index in [4.69, 9.17) is 9.47 Å². The highest BCUT2D eigenvalue weighted by Crippen LogP contribution is 2.34. The number of nitrogens with zero attached hydrogens (tertiary/aromatic N) is 2. The lowest BCUT2D eigenvalue weighted by Crippen LogP contribution is -2.33. The van der Waals surface area contributed by atoms with Crippen LogP contribution in [0.3, 0.4) is 0 Å². The Morgan fingerprint density at radius 2 is 2.03 bits per heavy atom. The fourth-order valence-electron chi connectivity index (χ4n) is 3.23. The quantitative estimate of drug-likeness (QED) is 0.461. The third kappa shape index (κ3) is 4.64. The molecule has 3 aromatic rings. The van der Waals surface area contributed by atoms with E-state index in [2.05, 4.69) is 29.1 Å². The fourth-order valence-corrected chi connectivity index (χ4v) is 4.98. The first-order valence-electron chi connectivity index (χ1n) is 9.61. The standard InChI is InChI=1S/C21H23N3O3S2/c1-13(2)19(14-4-5-16-17(10-14)27-8-3-7-26-16)24-18(25)11-29-21-20-15(6-9-28-20)22-12-23-21/h4-6,9-10,12-13,19H,3,7-8,11H2,1-2H3,(H,24,25)/t19-/m0/s1. The molecule has 1 aliphatic rings. The number of carbonyl (C=O) groups is 1. The number of thiophene rings is 1. The number of ether oxygens (including phenoxy) is 2. The Morgan fingerprint density at radius 1 is 1.21 bits per heavy atom. The van der Waals surface area contributed by atoms with Gasteiger partial charge in [0.25, 0.3) is 0 Å². The van der Waals surface area contributed by atoms with Crippen LogP contribution in [0.25, 0.3) is 10.2 Å².